The zero-order valence-corrected chi connectivity index (χ0v) is 9.39. The summed E-state index contributed by atoms with van der Waals surface area (Å²) in [5, 5.41) is 0. The Morgan fingerprint density at radius 3 is 2.69 bits per heavy atom. The molecule has 3 heteroatoms. The number of ketones is 1. The molecule has 0 bridgehead atoms. The van der Waals surface area contributed by atoms with Crippen LogP contribution in [0.4, 0.5) is 0 Å². The van der Waals surface area contributed by atoms with Crippen molar-refractivity contribution in [2.24, 2.45) is 0 Å². The largest absolute Gasteiger partial charge is 0.465 e. The van der Waals surface area contributed by atoms with Gasteiger partial charge in [-0.15, -0.1) is 0 Å². The van der Waals surface area contributed by atoms with Gasteiger partial charge in [0.2, 0.25) is 0 Å². The van der Waals surface area contributed by atoms with Gasteiger partial charge < -0.3 is 4.74 Å². The van der Waals surface area contributed by atoms with Crippen molar-refractivity contribution in [2.75, 3.05) is 0 Å². The molecular weight excluding hydrogens is 204 g/mol. The third-order valence-corrected chi connectivity index (χ3v) is 2.40. The molecule has 0 fully saturated rings. The Hall–Kier alpha value is -1.64. The van der Waals surface area contributed by atoms with E-state index in [-0.39, 0.29) is 11.9 Å². The van der Waals surface area contributed by atoms with Crippen LogP contribution in [0.25, 0.3) is 0 Å². The molecular formula is C13H16O3. The summed E-state index contributed by atoms with van der Waals surface area (Å²) >= 11 is 0. The zero-order chi connectivity index (χ0) is 11.8. The molecule has 0 aliphatic carbocycles. The van der Waals surface area contributed by atoms with Crippen LogP contribution >= 0.6 is 0 Å². The molecule has 0 aromatic heterocycles. The quantitative estimate of drug-likeness (QED) is 0.524. The first-order chi connectivity index (χ1) is 7.74. The van der Waals surface area contributed by atoms with Gasteiger partial charge in [-0.2, -0.15) is 0 Å². The Morgan fingerprint density at radius 2 is 2.06 bits per heavy atom. The Balaban J connectivity index is 2.28. The fraction of sp³-hybridized carbons (Fsp3) is 0.385. The number of hydrogen-bond donors (Lipinski definition) is 0. The fourth-order valence-electron chi connectivity index (χ4n) is 1.48. The Bertz CT molecular complexity index is 332. The fourth-order valence-corrected chi connectivity index (χ4v) is 1.48. The van der Waals surface area contributed by atoms with Crippen LogP contribution in [0, 0.1) is 0 Å². The topological polar surface area (TPSA) is 43.4 Å². The first kappa shape index (κ1) is 12.4. The lowest BCUT2D eigenvalue weighted by atomic mass is 10.0. The molecule has 0 unspecified atom stereocenters. The van der Waals surface area contributed by atoms with E-state index in [9.17, 15) is 9.59 Å². The van der Waals surface area contributed by atoms with Crippen LogP contribution in [-0.2, 0) is 9.53 Å². The minimum Gasteiger partial charge on any atom is -0.465 e. The van der Waals surface area contributed by atoms with Crippen molar-refractivity contribution in [2.45, 2.75) is 32.3 Å². The lowest BCUT2D eigenvalue weighted by Gasteiger charge is -2.08. The van der Waals surface area contributed by atoms with E-state index in [1.165, 1.54) is 0 Å². The number of ether oxygens (including phenoxy) is 1. The van der Waals surface area contributed by atoms with Gasteiger partial charge in [0.1, 0.15) is 0 Å². The molecule has 0 spiro atoms. The predicted molar refractivity (Wildman–Crippen MR) is 61.2 cm³/mol. The Labute approximate surface area is 95.4 Å². The maximum absolute atomic E-state index is 11.7. The van der Waals surface area contributed by atoms with Crippen molar-refractivity contribution in [3.05, 3.63) is 35.9 Å². The third-order valence-electron chi connectivity index (χ3n) is 2.40. The van der Waals surface area contributed by atoms with E-state index in [4.69, 9.17) is 4.74 Å². The molecule has 86 valence electrons. The number of rotatable bonds is 7. The number of carbonyl (C=O) groups is 2. The van der Waals surface area contributed by atoms with Gasteiger partial charge >= 0.3 is 0 Å². The van der Waals surface area contributed by atoms with E-state index in [1.54, 1.807) is 0 Å². The van der Waals surface area contributed by atoms with Gasteiger partial charge in [-0.05, 0) is 19.8 Å². The summed E-state index contributed by atoms with van der Waals surface area (Å²) in [5.41, 5.74) is 0.742. The van der Waals surface area contributed by atoms with Crippen molar-refractivity contribution in [3.63, 3.8) is 0 Å². The van der Waals surface area contributed by atoms with E-state index < -0.39 is 0 Å². The third kappa shape index (κ3) is 4.26. The van der Waals surface area contributed by atoms with E-state index in [1.807, 2.05) is 37.3 Å². The summed E-state index contributed by atoms with van der Waals surface area (Å²) in [5.74, 6) is 0.138. The van der Waals surface area contributed by atoms with E-state index >= 15 is 0 Å². The van der Waals surface area contributed by atoms with Crippen molar-refractivity contribution < 1.29 is 14.3 Å². The minimum atomic E-state index is -0.110. The summed E-state index contributed by atoms with van der Waals surface area (Å²) in [6, 6.07) is 9.22. The minimum absolute atomic E-state index is 0.110. The van der Waals surface area contributed by atoms with Crippen molar-refractivity contribution in [1.82, 2.24) is 0 Å². The lowest BCUT2D eigenvalue weighted by molar-refractivity contribution is -0.133. The molecule has 0 saturated heterocycles. The lowest BCUT2D eigenvalue weighted by Crippen LogP contribution is -2.08. The molecule has 0 N–H and O–H groups in total. The summed E-state index contributed by atoms with van der Waals surface area (Å²) in [4.78, 5) is 21.7. The first-order valence-electron chi connectivity index (χ1n) is 5.41. The van der Waals surface area contributed by atoms with Gasteiger partial charge in [0, 0.05) is 12.0 Å². The molecule has 0 saturated carbocycles. The second-order valence-corrected chi connectivity index (χ2v) is 3.72. The first-order valence-corrected chi connectivity index (χ1v) is 5.41. The Morgan fingerprint density at radius 1 is 1.38 bits per heavy atom. The van der Waals surface area contributed by atoms with E-state index in [2.05, 4.69) is 0 Å². The van der Waals surface area contributed by atoms with Gasteiger partial charge in [0.15, 0.2) is 5.78 Å². The predicted octanol–water partition coefficient (Wildman–Crippen LogP) is 2.60. The van der Waals surface area contributed by atoms with Crippen molar-refractivity contribution in [1.29, 1.82) is 0 Å². The average molecular weight is 220 g/mol. The van der Waals surface area contributed by atoms with Gasteiger partial charge in [0.05, 0.1) is 6.10 Å². The summed E-state index contributed by atoms with van der Waals surface area (Å²) in [6.07, 6.45) is 1.84. The number of benzene rings is 1. The standard InChI is InChI=1S/C13H16O3/c1-11(16-10-14)6-5-9-13(15)12-7-3-2-4-8-12/h2-4,7-8,10-11H,5-6,9H2,1H3/t11-/m0/s1. The van der Waals surface area contributed by atoms with Crippen LogP contribution in [0.15, 0.2) is 30.3 Å². The van der Waals surface area contributed by atoms with E-state index in [0.717, 1.165) is 18.4 Å². The normalized spacial score (nSPS) is 11.8. The molecule has 1 aromatic carbocycles. The molecule has 1 rings (SSSR count). The van der Waals surface area contributed by atoms with Gasteiger partial charge in [-0.3, -0.25) is 9.59 Å². The summed E-state index contributed by atoms with van der Waals surface area (Å²) in [7, 11) is 0. The van der Waals surface area contributed by atoms with Crippen LogP contribution in [0.1, 0.15) is 36.5 Å². The van der Waals surface area contributed by atoms with Crippen LogP contribution in [-0.4, -0.2) is 18.4 Å². The number of hydrogen-bond acceptors (Lipinski definition) is 3. The SMILES string of the molecule is C[C@@H](CCCC(=O)c1ccccc1)OC=O. The van der Waals surface area contributed by atoms with Crippen molar-refractivity contribution >= 4 is 12.3 Å². The maximum Gasteiger partial charge on any atom is 0.293 e. The smallest absolute Gasteiger partial charge is 0.293 e. The van der Waals surface area contributed by atoms with Gasteiger partial charge in [-0.1, -0.05) is 30.3 Å². The summed E-state index contributed by atoms with van der Waals surface area (Å²) in [6.45, 7) is 2.27. The molecule has 1 aromatic rings. The Kier molecular flexibility index (Phi) is 5.26. The highest BCUT2D eigenvalue weighted by molar-refractivity contribution is 5.95. The second kappa shape index (κ2) is 6.77. The highest BCUT2D eigenvalue weighted by Gasteiger charge is 2.07. The molecule has 0 amide bonds. The van der Waals surface area contributed by atoms with Gasteiger partial charge in [-0.25, -0.2) is 0 Å². The molecule has 0 heterocycles. The second-order valence-electron chi connectivity index (χ2n) is 3.72. The van der Waals surface area contributed by atoms with Crippen LogP contribution in [0.2, 0.25) is 0 Å². The average Bonchev–Trinajstić information content (AvgIpc) is 2.30. The molecule has 1 atom stereocenters. The van der Waals surface area contributed by atoms with Crippen LogP contribution in [0.5, 0.6) is 0 Å². The molecule has 3 nitrogen and oxygen atoms in total. The summed E-state index contributed by atoms with van der Waals surface area (Å²) < 4.78 is 4.74. The van der Waals surface area contributed by atoms with Crippen LogP contribution < -0.4 is 0 Å². The van der Waals surface area contributed by atoms with Crippen molar-refractivity contribution in [3.8, 4) is 0 Å². The highest BCUT2D eigenvalue weighted by Crippen LogP contribution is 2.09. The zero-order valence-electron chi connectivity index (χ0n) is 9.39. The number of Topliss-reactive ketones (excluding diaryl/α,β-unsaturated/α-hetero) is 1. The van der Waals surface area contributed by atoms with E-state index in [0.29, 0.717) is 12.9 Å². The van der Waals surface area contributed by atoms with Gasteiger partial charge in [0.25, 0.3) is 6.47 Å². The molecule has 0 radical (unpaired) electrons. The van der Waals surface area contributed by atoms with Crippen LogP contribution in [0.3, 0.4) is 0 Å². The number of carbonyl (C=O) groups excluding carboxylic acids is 2. The maximum atomic E-state index is 11.7. The monoisotopic (exact) mass is 220 g/mol. The molecule has 0 aliphatic rings. The highest BCUT2D eigenvalue weighted by atomic mass is 16.5. The molecule has 0 aliphatic heterocycles. The molecule has 16 heavy (non-hydrogen) atoms.